The Morgan fingerprint density at radius 2 is 2.36 bits per heavy atom. The van der Waals surface area contributed by atoms with E-state index in [1.54, 1.807) is 12.3 Å². The molecule has 0 amide bonds. The number of carbonyl (C=O) groups excluding carboxylic acids is 1. The molecule has 0 bridgehead atoms. The third kappa shape index (κ3) is 1.07. The largest absolute Gasteiger partial charge is 0.298 e. The van der Waals surface area contributed by atoms with Crippen LogP contribution in [0.25, 0.3) is 5.52 Å². The van der Waals surface area contributed by atoms with Gasteiger partial charge in [-0.15, -0.1) is 0 Å². The number of aryl methyl sites for hydroxylation is 1. The number of hydrogen-bond acceptors (Lipinski definition) is 3. The molecule has 0 aliphatic heterocycles. The highest BCUT2D eigenvalue weighted by atomic mass is 16.1. The number of aldehydes is 1. The molecular weight excluding hydrogens is 178 g/mol. The second-order valence-corrected chi connectivity index (χ2v) is 3.03. The van der Waals surface area contributed by atoms with Crippen LogP contribution in [0, 0.1) is 18.3 Å². The average molecular weight is 185 g/mol. The van der Waals surface area contributed by atoms with Gasteiger partial charge < -0.3 is 0 Å². The fraction of sp³-hybridized carbons (Fsp3) is 0.100. The Balaban J connectivity index is 2.91. The summed E-state index contributed by atoms with van der Waals surface area (Å²) >= 11 is 0. The van der Waals surface area contributed by atoms with Crippen molar-refractivity contribution in [1.29, 1.82) is 5.26 Å². The molecule has 2 heterocycles. The summed E-state index contributed by atoms with van der Waals surface area (Å²) in [6.45, 7) is 1.89. The van der Waals surface area contributed by atoms with Crippen molar-refractivity contribution in [2.75, 3.05) is 0 Å². The fourth-order valence-corrected chi connectivity index (χ4v) is 1.37. The van der Waals surface area contributed by atoms with E-state index in [9.17, 15) is 4.79 Å². The molecule has 4 nitrogen and oxygen atoms in total. The summed E-state index contributed by atoms with van der Waals surface area (Å²) in [6, 6.07) is 5.24. The lowest BCUT2D eigenvalue weighted by Gasteiger charge is -1.98. The van der Waals surface area contributed by atoms with Crippen molar-refractivity contribution in [2.45, 2.75) is 6.92 Å². The molecule has 2 aromatic rings. The topological polar surface area (TPSA) is 58.2 Å². The Hall–Kier alpha value is -2.15. The number of nitriles is 1. The van der Waals surface area contributed by atoms with Crippen LogP contribution in [-0.2, 0) is 0 Å². The van der Waals surface area contributed by atoms with Crippen molar-refractivity contribution in [3.63, 3.8) is 0 Å². The summed E-state index contributed by atoms with van der Waals surface area (Å²) in [5.74, 6) is 0. The first-order chi connectivity index (χ1) is 6.76. The smallest absolute Gasteiger partial charge is 0.150 e. The predicted octanol–water partition coefficient (Wildman–Crippen LogP) is 1.33. The van der Waals surface area contributed by atoms with Crippen LogP contribution in [0.5, 0.6) is 0 Å². The van der Waals surface area contributed by atoms with Crippen LogP contribution in [0.3, 0.4) is 0 Å². The van der Waals surface area contributed by atoms with Gasteiger partial charge >= 0.3 is 0 Å². The highest BCUT2D eigenvalue weighted by molar-refractivity contribution is 5.78. The SMILES string of the molecule is Cc1cnn2c(C#N)cc(C=O)cc12. The van der Waals surface area contributed by atoms with Gasteiger partial charge in [0.2, 0.25) is 0 Å². The number of pyridine rings is 1. The molecule has 0 aromatic carbocycles. The number of carbonyl (C=O) groups is 1. The maximum Gasteiger partial charge on any atom is 0.150 e. The number of fused-ring (bicyclic) bond motifs is 1. The number of aromatic nitrogens is 2. The van der Waals surface area contributed by atoms with Gasteiger partial charge in [-0.2, -0.15) is 10.4 Å². The van der Waals surface area contributed by atoms with Gasteiger partial charge in [0, 0.05) is 5.56 Å². The van der Waals surface area contributed by atoms with Crippen LogP contribution >= 0.6 is 0 Å². The van der Waals surface area contributed by atoms with E-state index in [4.69, 9.17) is 5.26 Å². The normalized spacial score (nSPS) is 10.0. The van der Waals surface area contributed by atoms with E-state index >= 15 is 0 Å². The maximum absolute atomic E-state index is 10.6. The van der Waals surface area contributed by atoms with Gasteiger partial charge in [-0.05, 0) is 24.6 Å². The van der Waals surface area contributed by atoms with Gasteiger partial charge in [0.1, 0.15) is 18.0 Å². The maximum atomic E-state index is 10.6. The molecule has 0 N–H and O–H groups in total. The molecule has 2 aromatic heterocycles. The number of rotatable bonds is 1. The lowest BCUT2D eigenvalue weighted by Crippen LogP contribution is -1.96. The van der Waals surface area contributed by atoms with Crippen LogP contribution in [0.1, 0.15) is 21.6 Å². The Labute approximate surface area is 80.4 Å². The van der Waals surface area contributed by atoms with E-state index in [0.29, 0.717) is 11.3 Å². The summed E-state index contributed by atoms with van der Waals surface area (Å²) < 4.78 is 1.53. The molecule has 2 rings (SSSR count). The Morgan fingerprint density at radius 1 is 1.57 bits per heavy atom. The van der Waals surface area contributed by atoms with Crippen LogP contribution in [0.4, 0.5) is 0 Å². The molecule has 0 saturated carbocycles. The van der Waals surface area contributed by atoms with Crippen LogP contribution in [-0.4, -0.2) is 15.9 Å². The van der Waals surface area contributed by atoms with Crippen molar-refractivity contribution in [2.24, 2.45) is 0 Å². The first-order valence-corrected chi connectivity index (χ1v) is 4.10. The van der Waals surface area contributed by atoms with Gasteiger partial charge in [0.15, 0.2) is 0 Å². The lowest BCUT2D eigenvalue weighted by molar-refractivity contribution is 0.112. The Kier molecular flexibility index (Phi) is 1.79. The number of hydrogen-bond donors (Lipinski definition) is 0. The molecule has 0 spiro atoms. The quantitative estimate of drug-likeness (QED) is 0.629. The predicted molar refractivity (Wildman–Crippen MR) is 50.0 cm³/mol. The van der Waals surface area contributed by atoms with Crippen molar-refractivity contribution in [1.82, 2.24) is 9.61 Å². The van der Waals surface area contributed by atoms with Crippen molar-refractivity contribution in [3.8, 4) is 6.07 Å². The molecule has 68 valence electrons. The van der Waals surface area contributed by atoms with E-state index in [1.807, 2.05) is 13.0 Å². The van der Waals surface area contributed by atoms with E-state index in [1.165, 1.54) is 10.6 Å². The molecule has 0 radical (unpaired) electrons. The zero-order valence-electron chi connectivity index (χ0n) is 7.56. The van der Waals surface area contributed by atoms with Crippen molar-refractivity contribution < 1.29 is 4.79 Å². The summed E-state index contributed by atoms with van der Waals surface area (Å²) in [5, 5.41) is 12.9. The first kappa shape index (κ1) is 8.45. The fourth-order valence-electron chi connectivity index (χ4n) is 1.37. The van der Waals surface area contributed by atoms with Gasteiger partial charge in [0.05, 0.1) is 11.7 Å². The molecule has 0 atom stereocenters. The molecule has 0 aliphatic rings. The summed E-state index contributed by atoms with van der Waals surface area (Å²) in [6.07, 6.45) is 2.40. The summed E-state index contributed by atoms with van der Waals surface area (Å²) in [7, 11) is 0. The highest BCUT2D eigenvalue weighted by Gasteiger charge is 2.06. The molecular formula is C10H7N3O. The van der Waals surface area contributed by atoms with Crippen molar-refractivity contribution in [3.05, 3.63) is 35.2 Å². The van der Waals surface area contributed by atoms with Gasteiger partial charge in [-0.1, -0.05) is 0 Å². The zero-order valence-corrected chi connectivity index (χ0v) is 7.56. The van der Waals surface area contributed by atoms with Crippen LogP contribution in [0.2, 0.25) is 0 Å². The minimum atomic E-state index is 0.373. The van der Waals surface area contributed by atoms with Crippen LogP contribution < -0.4 is 0 Å². The minimum absolute atomic E-state index is 0.373. The first-order valence-electron chi connectivity index (χ1n) is 4.10. The second-order valence-electron chi connectivity index (χ2n) is 3.03. The third-order valence-corrected chi connectivity index (χ3v) is 2.08. The zero-order chi connectivity index (χ0) is 10.1. The minimum Gasteiger partial charge on any atom is -0.298 e. The third-order valence-electron chi connectivity index (χ3n) is 2.08. The number of nitrogens with zero attached hydrogens (tertiary/aromatic N) is 3. The van der Waals surface area contributed by atoms with Gasteiger partial charge in [-0.3, -0.25) is 4.79 Å². The molecule has 4 heteroatoms. The van der Waals surface area contributed by atoms with Crippen LogP contribution in [0.15, 0.2) is 18.3 Å². The second kappa shape index (κ2) is 2.96. The summed E-state index contributed by atoms with van der Waals surface area (Å²) in [4.78, 5) is 10.6. The van der Waals surface area contributed by atoms with E-state index < -0.39 is 0 Å². The molecule has 0 saturated heterocycles. The van der Waals surface area contributed by atoms with Crippen molar-refractivity contribution >= 4 is 11.8 Å². The molecule has 0 aliphatic carbocycles. The Morgan fingerprint density at radius 3 is 3.00 bits per heavy atom. The lowest BCUT2D eigenvalue weighted by atomic mass is 10.2. The summed E-state index contributed by atoms with van der Waals surface area (Å²) in [5.41, 5.74) is 2.62. The molecule has 14 heavy (non-hydrogen) atoms. The van der Waals surface area contributed by atoms with E-state index in [0.717, 1.165) is 17.4 Å². The molecule has 0 fully saturated rings. The monoisotopic (exact) mass is 185 g/mol. The Bertz CT molecular complexity index is 548. The van der Waals surface area contributed by atoms with E-state index in [-0.39, 0.29) is 0 Å². The highest BCUT2D eigenvalue weighted by Crippen LogP contribution is 2.13. The van der Waals surface area contributed by atoms with Gasteiger partial charge in [0.25, 0.3) is 0 Å². The standard InChI is InChI=1S/C10H7N3O/c1-7-5-12-13-9(4-11)2-8(6-14)3-10(7)13/h2-3,5-6H,1H3. The average Bonchev–Trinajstić information content (AvgIpc) is 2.59. The van der Waals surface area contributed by atoms with Gasteiger partial charge in [-0.25, -0.2) is 4.52 Å². The molecule has 0 unspecified atom stereocenters. The van der Waals surface area contributed by atoms with E-state index in [2.05, 4.69) is 5.10 Å².